The predicted molar refractivity (Wildman–Crippen MR) is 115 cm³/mol. The number of aromatic hydroxyl groups is 1. The molecular formula is C25H32O6. The van der Waals surface area contributed by atoms with Crippen LogP contribution in [0.15, 0.2) is 6.07 Å². The Bertz CT molecular complexity index is 950. The molecular weight excluding hydrogens is 396 g/mol. The molecule has 0 spiro atoms. The molecule has 0 saturated heterocycles. The van der Waals surface area contributed by atoms with Crippen LogP contribution in [-0.2, 0) is 16.0 Å². The van der Waals surface area contributed by atoms with Gasteiger partial charge in [0.25, 0.3) is 0 Å². The number of benzene rings is 1. The van der Waals surface area contributed by atoms with Gasteiger partial charge in [0.05, 0.1) is 5.56 Å². The lowest BCUT2D eigenvalue weighted by Gasteiger charge is -2.64. The second-order valence-corrected chi connectivity index (χ2v) is 10.7. The summed E-state index contributed by atoms with van der Waals surface area (Å²) in [4.78, 5) is 34.9. The van der Waals surface area contributed by atoms with Crippen LogP contribution in [0.2, 0.25) is 0 Å². The summed E-state index contributed by atoms with van der Waals surface area (Å²) in [6.07, 6.45) is 5.08. The molecule has 1 aromatic carbocycles. The summed E-state index contributed by atoms with van der Waals surface area (Å²) in [6, 6.07) is 1.37. The molecule has 3 aliphatic rings. The molecule has 0 amide bonds. The Balaban J connectivity index is 1.78. The third-order valence-electron chi connectivity index (χ3n) is 8.66. The van der Waals surface area contributed by atoms with Crippen molar-refractivity contribution in [3.8, 4) is 11.5 Å². The molecule has 31 heavy (non-hydrogen) atoms. The molecule has 2 fully saturated rings. The zero-order valence-corrected chi connectivity index (χ0v) is 19.0. The lowest BCUT2D eigenvalue weighted by atomic mass is 9.44. The van der Waals surface area contributed by atoms with Gasteiger partial charge in [-0.15, -0.1) is 0 Å². The van der Waals surface area contributed by atoms with E-state index >= 15 is 0 Å². The number of phenolic OH excluding ortho intramolecular Hbond substituents is 1. The first-order chi connectivity index (χ1) is 14.5. The number of hydrogen-bond donors (Lipinski definition) is 1. The van der Waals surface area contributed by atoms with Crippen LogP contribution in [0.1, 0.15) is 86.6 Å². The third-order valence-corrected chi connectivity index (χ3v) is 8.66. The van der Waals surface area contributed by atoms with E-state index in [0.29, 0.717) is 36.2 Å². The third kappa shape index (κ3) is 3.09. The molecule has 2 aliphatic carbocycles. The number of phenols is 1. The van der Waals surface area contributed by atoms with Gasteiger partial charge in [-0.2, -0.15) is 0 Å². The molecule has 0 bridgehead atoms. The molecule has 1 aromatic rings. The van der Waals surface area contributed by atoms with Crippen molar-refractivity contribution in [2.75, 3.05) is 0 Å². The molecule has 1 N–H and O–H groups in total. The molecule has 5 atom stereocenters. The van der Waals surface area contributed by atoms with Gasteiger partial charge in [0.15, 0.2) is 12.6 Å². The Kier molecular flexibility index (Phi) is 4.99. The van der Waals surface area contributed by atoms with Gasteiger partial charge in [-0.25, -0.2) is 0 Å². The van der Waals surface area contributed by atoms with Crippen molar-refractivity contribution in [1.29, 1.82) is 0 Å². The minimum atomic E-state index is -0.506. The van der Waals surface area contributed by atoms with Crippen LogP contribution in [-0.4, -0.2) is 35.4 Å². The van der Waals surface area contributed by atoms with Crippen molar-refractivity contribution in [3.63, 3.8) is 0 Å². The second-order valence-electron chi connectivity index (χ2n) is 10.7. The van der Waals surface area contributed by atoms with Crippen LogP contribution >= 0.6 is 0 Å². The Morgan fingerprint density at radius 1 is 1.13 bits per heavy atom. The van der Waals surface area contributed by atoms with Crippen LogP contribution in [0.25, 0.3) is 0 Å². The SMILES string of the molecule is CC(=O)O[C@H]1CC[C@]2(C)[C@H]3Cc4c(O)cc(C=O)c(C=O)c4O[C@@]3(C)CC[C@H]2C1(C)C. The second kappa shape index (κ2) is 7.07. The van der Waals surface area contributed by atoms with Crippen LogP contribution < -0.4 is 4.74 Å². The maximum atomic E-state index is 11.8. The van der Waals surface area contributed by atoms with Crippen molar-refractivity contribution in [2.45, 2.75) is 78.4 Å². The highest BCUT2D eigenvalue weighted by Gasteiger charge is 2.63. The Morgan fingerprint density at radius 3 is 2.45 bits per heavy atom. The highest BCUT2D eigenvalue weighted by molar-refractivity contribution is 5.94. The summed E-state index contributed by atoms with van der Waals surface area (Å²) in [5, 5.41) is 10.7. The summed E-state index contributed by atoms with van der Waals surface area (Å²) in [7, 11) is 0. The van der Waals surface area contributed by atoms with Crippen LogP contribution in [0.5, 0.6) is 11.5 Å². The van der Waals surface area contributed by atoms with E-state index in [4.69, 9.17) is 9.47 Å². The van der Waals surface area contributed by atoms with E-state index in [1.165, 1.54) is 13.0 Å². The van der Waals surface area contributed by atoms with Crippen molar-refractivity contribution in [3.05, 3.63) is 22.8 Å². The largest absolute Gasteiger partial charge is 0.508 e. The molecule has 0 radical (unpaired) electrons. The number of carbonyl (C=O) groups is 3. The van der Waals surface area contributed by atoms with Crippen LogP contribution in [0.4, 0.5) is 0 Å². The molecule has 6 heteroatoms. The first kappa shape index (κ1) is 21.8. The standard InChI is InChI=1S/C25H32O6/c1-14(28)30-21-7-8-24(4)19(23(21,2)3)6-9-25(5)20(24)11-16-18(29)10-15(12-26)17(13-27)22(16)31-25/h10,12-13,19-21,29H,6-9,11H2,1-5H3/t19-,20+,21-,24-,25-/m0/s1. The number of fused-ring (bicyclic) bond motifs is 4. The normalized spacial score (nSPS) is 35.6. The quantitative estimate of drug-likeness (QED) is 0.563. The van der Waals surface area contributed by atoms with E-state index in [1.54, 1.807) is 0 Å². The number of aldehydes is 2. The van der Waals surface area contributed by atoms with Gasteiger partial charge < -0.3 is 14.6 Å². The number of carbonyl (C=O) groups excluding carboxylic acids is 3. The maximum Gasteiger partial charge on any atom is 0.302 e. The summed E-state index contributed by atoms with van der Waals surface area (Å²) < 4.78 is 12.2. The van der Waals surface area contributed by atoms with E-state index in [2.05, 4.69) is 27.7 Å². The van der Waals surface area contributed by atoms with Crippen molar-refractivity contribution >= 4 is 18.5 Å². The van der Waals surface area contributed by atoms with Gasteiger partial charge in [0.2, 0.25) is 0 Å². The fourth-order valence-electron chi connectivity index (χ4n) is 7.16. The monoisotopic (exact) mass is 428 g/mol. The van der Waals surface area contributed by atoms with Crippen molar-refractivity contribution in [1.82, 2.24) is 0 Å². The van der Waals surface area contributed by atoms with Gasteiger partial charge in [-0.1, -0.05) is 20.8 Å². The highest BCUT2D eigenvalue weighted by atomic mass is 16.5. The predicted octanol–water partition coefficient (Wildman–Crippen LogP) is 4.50. The Morgan fingerprint density at radius 2 is 1.84 bits per heavy atom. The van der Waals surface area contributed by atoms with E-state index < -0.39 is 5.60 Å². The molecule has 0 unspecified atom stereocenters. The zero-order chi connectivity index (χ0) is 22.8. The van der Waals surface area contributed by atoms with E-state index in [-0.39, 0.29) is 45.7 Å². The number of rotatable bonds is 3. The average Bonchev–Trinajstić information content (AvgIpc) is 2.68. The molecule has 2 saturated carbocycles. The molecule has 6 nitrogen and oxygen atoms in total. The number of ether oxygens (including phenoxy) is 2. The minimum Gasteiger partial charge on any atom is -0.508 e. The molecule has 4 rings (SSSR count). The van der Waals surface area contributed by atoms with Crippen LogP contribution in [0.3, 0.4) is 0 Å². The maximum absolute atomic E-state index is 11.8. The van der Waals surface area contributed by atoms with E-state index in [0.717, 1.165) is 25.7 Å². The van der Waals surface area contributed by atoms with Gasteiger partial charge >= 0.3 is 5.97 Å². The van der Waals surface area contributed by atoms with E-state index in [1.807, 2.05) is 0 Å². The fraction of sp³-hybridized carbons (Fsp3) is 0.640. The number of hydrogen-bond acceptors (Lipinski definition) is 6. The highest BCUT2D eigenvalue weighted by Crippen LogP contribution is 2.65. The first-order valence-corrected chi connectivity index (χ1v) is 11.1. The molecule has 1 heterocycles. The van der Waals surface area contributed by atoms with Crippen molar-refractivity contribution < 1.29 is 29.0 Å². The minimum absolute atomic E-state index is 0.00309. The van der Waals surface area contributed by atoms with Crippen LogP contribution in [0, 0.1) is 22.7 Å². The topological polar surface area (TPSA) is 89.9 Å². The van der Waals surface area contributed by atoms with Gasteiger partial charge in [-0.3, -0.25) is 14.4 Å². The lowest BCUT2D eigenvalue weighted by Crippen LogP contribution is -2.64. The summed E-state index contributed by atoms with van der Waals surface area (Å²) in [5.74, 6) is 0.559. The summed E-state index contributed by atoms with van der Waals surface area (Å²) in [6.45, 7) is 10.3. The lowest BCUT2D eigenvalue weighted by molar-refractivity contribution is -0.203. The van der Waals surface area contributed by atoms with E-state index in [9.17, 15) is 19.5 Å². The van der Waals surface area contributed by atoms with Crippen molar-refractivity contribution in [2.24, 2.45) is 22.7 Å². The first-order valence-electron chi connectivity index (χ1n) is 11.1. The van der Waals surface area contributed by atoms with Gasteiger partial charge in [-0.05, 0) is 56.4 Å². The zero-order valence-electron chi connectivity index (χ0n) is 19.0. The number of esters is 1. The molecule has 0 aromatic heterocycles. The summed E-state index contributed by atoms with van der Waals surface area (Å²) in [5.41, 5.74) is 0.204. The molecule has 168 valence electrons. The average molecular weight is 429 g/mol. The molecule has 1 aliphatic heterocycles. The smallest absolute Gasteiger partial charge is 0.302 e. The van der Waals surface area contributed by atoms with Gasteiger partial charge in [0.1, 0.15) is 23.2 Å². The van der Waals surface area contributed by atoms with Gasteiger partial charge in [0, 0.05) is 29.4 Å². The Hall–Kier alpha value is -2.37. The Labute approximate surface area is 183 Å². The fourth-order valence-corrected chi connectivity index (χ4v) is 7.16. The summed E-state index contributed by atoms with van der Waals surface area (Å²) >= 11 is 0.